The van der Waals surface area contributed by atoms with Gasteiger partial charge in [0.05, 0.1) is 10.5 Å². The summed E-state index contributed by atoms with van der Waals surface area (Å²) in [5.74, 6) is -0.245. The molecule has 0 saturated carbocycles. The Morgan fingerprint density at radius 1 is 1.11 bits per heavy atom. The third-order valence-electron chi connectivity index (χ3n) is 3.74. The lowest BCUT2D eigenvalue weighted by atomic mass is 10.1. The van der Waals surface area contributed by atoms with Crippen molar-refractivity contribution >= 4 is 33.4 Å². The summed E-state index contributed by atoms with van der Waals surface area (Å²) in [6, 6.07) is 10.6. The maximum atomic E-state index is 12.8. The minimum absolute atomic E-state index is 0.00368. The van der Waals surface area contributed by atoms with Crippen LogP contribution in [0.1, 0.15) is 12.0 Å². The molecular weight excluding hydrogens is 413 g/mol. The smallest absolute Gasteiger partial charge is 0.325 e. The van der Waals surface area contributed by atoms with Crippen LogP contribution < -0.4 is 10.0 Å². The lowest BCUT2D eigenvalue weighted by Crippen LogP contribution is -2.44. The molecule has 2 aromatic rings. The van der Waals surface area contributed by atoms with Crippen molar-refractivity contribution in [2.75, 3.05) is 17.3 Å². The molecule has 0 aromatic heterocycles. The number of hydrogen-bond donors (Lipinski definition) is 2. The second-order valence-electron chi connectivity index (χ2n) is 5.84. The first kappa shape index (κ1) is 22.3. The molecule has 1 unspecified atom stereocenters. The van der Waals surface area contributed by atoms with E-state index in [1.807, 2.05) is 0 Å². The first-order valence-corrected chi connectivity index (χ1v) is 11.1. The summed E-state index contributed by atoms with van der Waals surface area (Å²) in [6.45, 7) is 0. The van der Waals surface area contributed by atoms with Gasteiger partial charge in [-0.25, -0.2) is 8.42 Å². The minimum Gasteiger partial charge on any atom is -0.325 e. The number of benzene rings is 2. The summed E-state index contributed by atoms with van der Waals surface area (Å²) < 4.78 is 65.8. The van der Waals surface area contributed by atoms with Crippen molar-refractivity contribution in [3.8, 4) is 0 Å². The van der Waals surface area contributed by atoms with Crippen LogP contribution in [-0.4, -0.2) is 32.4 Å². The fourth-order valence-corrected chi connectivity index (χ4v) is 4.06. The number of carbonyl (C=O) groups is 1. The summed E-state index contributed by atoms with van der Waals surface area (Å²) in [5.41, 5.74) is -0.969. The van der Waals surface area contributed by atoms with Gasteiger partial charge in [-0.05, 0) is 48.8 Å². The van der Waals surface area contributed by atoms with Gasteiger partial charge in [0.1, 0.15) is 6.04 Å². The molecule has 2 rings (SSSR count). The Morgan fingerprint density at radius 2 is 1.79 bits per heavy atom. The molecule has 5 nitrogen and oxygen atoms in total. The summed E-state index contributed by atoms with van der Waals surface area (Å²) in [4.78, 5) is 12.6. The van der Waals surface area contributed by atoms with E-state index in [1.54, 1.807) is 24.5 Å². The van der Waals surface area contributed by atoms with Crippen LogP contribution in [0.5, 0.6) is 0 Å². The predicted octanol–water partition coefficient (Wildman–Crippen LogP) is 3.74. The molecule has 2 N–H and O–H groups in total. The van der Waals surface area contributed by atoms with Crippen LogP contribution in [0.25, 0.3) is 0 Å². The van der Waals surface area contributed by atoms with Gasteiger partial charge in [0.15, 0.2) is 0 Å². The van der Waals surface area contributed by atoms with Gasteiger partial charge in [-0.3, -0.25) is 4.79 Å². The van der Waals surface area contributed by atoms with Crippen molar-refractivity contribution in [2.45, 2.75) is 23.5 Å². The van der Waals surface area contributed by atoms with Gasteiger partial charge in [0.25, 0.3) is 0 Å². The summed E-state index contributed by atoms with van der Waals surface area (Å²) in [5, 5.41) is 2.36. The number of nitrogens with one attached hydrogen (secondary N) is 2. The van der Waals surface area contributed by atoms with Crippen molar-refractivity contribution in [2.24, 2.45) is 0 Å². The standard InChI is InChI=1S/C18H19F3N2O3S2/c1-27-11-10-16(23-28(25,26)15-8-3-2-4-9-15)17(24)22-14-7-5-6-13(12-14)18(19,20)21/h2-9,12,16,23H,10-11H2,1H3,(H,22,24). The number of carbonyl (C=O) groups excluding carboxylic acids is 1. The fraction of sp³-hybridized carbons (Fsp3) is 0.278. The number of hydrogen-bond acceptors (Lipinski definition) is 4. The van der Waals surface area contributed by atoms with Crippen LogP contribution in [0.2, 0.25) is 0 Å². The van der Waals surface area contributed by atoms with Crippen LogP contribution >= 0.6 is 11.8 Å². The van der Waals surface area contributed by atoms with Gasteiger partial charge in [-0.1, -0.05) is 24.3 Å². The molecule has 0 spiro atoms. The van der Waals surface area contributed by atoms with E-state index in [0.717, 1.165) is 12.1 Å². The normalized spacial score (nSPS) is 13.1. The van der Waals surface area contributed by atoms with Crippen molar-refractivity contribution in [1.82, 2.24) is 4.72 Å². The molecule has 28 heavy (non-hydrogen) atoms. The zero-order chi connectivity index (χ0) is 20.8. The highest BCUT2D eigenvalue weighted by Crippen LogP contribution is 2.30. The third-order valence-corrected chi connectivity index (χ3v) is 5.87. The second-order valence-corrected chi connectivity index (χ2v) is 8.54. The molecular formula is C18H19F3N2O3S2. The monoisotopic (exact) mass is 432 g/mol. The van der Waals surface area contributed by atoms with Gasteiger partial charge < -0.3 is 5.32 Å². The fourth-order valence-electron chi connectivity index (χ4n) is 2.34. The highest BCUT2D eigenvalue weighted by Gasteiger charge is 2.31. The average Bonchev–Trinajstić information content (AvgIpc) is 2.65. The van der Waals surface area contributed by atoms with Crippen molar-refractivity contribution < 1.29 is 26.4 Å². The Labute approximate surface area is 165 Å². The Hall–Kier alpha value is -2.04. The van der Waals surface area contributed by atoms with Gasteiger partial charge >= 0.3 is 6.18 Å². The van der Waals surface area contributed by atoms with Crippen LogP contribution in [0.4, 0.5) is 18.9 Å². The summed E-state index contributed by atoms with van der Waals surface area (Å²) >= 11 is 1.42. The minimum atomic E-state index is -4.55. The zero-order valence-electron chi connectivity index (χ0n) is 14.9. The molecule has 0 aliphatic carbocycles. The SMILES string of the molecule is CSCCC(NS(=O)(=O)c1ccccc1)C(=O)Nc1cccc(C(F)(F)F)c1. The van der Waals surface area contributed by atoms with E-state index in [1.165, 1.54) is 36.0 Å². The van der Waals surface area contributed by atoms with Crippen LogP contribution in [0.3, 0.4) is 0 Å². The van der Waals surface area contributed by atoms with E-state index in [-0.39, 0.29) is 17.0 Å². The van der Waals surface area contributed by atoms with E-state index in [2.05, 4.69) is 10.0 Å². The first-order valence-electron chi connectivity index (χ1n) is 8.18. The molecule has 1 amide bonds. The van der Waals surface area contributed by atoms with Crippen LogP contribution in [0, 0.1) is 0 Å². The van der Waals surface area contributed by atoms with Crippen molar-refractivity contribution in [3.63, 3.8) is 0 Å². The first-order chi connectivity index (χ1) is 13.1. The Kier molecular flexibility index (Phi) is 7.50. The van der Waals surface area contributed by atoms with Crippen LogP contribution in [0.15, 0.2) is 59.5 Å². The Morgan fingerprint density at radius 3 is 2.39 bits per heavy atom. The van der Waals surface area contributed by atoms with Gasteiger partial charge in [0.2, 0.25) is 15.9 Å². The van der Waals surface area contributed by atoms with Gasteiger partial charge in [-0.2, -0.15) is 29.7 Å². The highest BCUT2D eigenvalue weighted by molar-refractivity contribution is 7.98. The molecule has 0 bridgehead atoms. The number of thioether (sulfide) groups is 1. The lowest BCUT2D eigenvalue weighted by Gasteiger charge is -2.19. The maximum Gasteiger partial charge on any atom is 0.416 e. The summed E-state index contributed by atoms with van der Waals surface area (Å²) in [7, 11) is -3.96. The van der Waals surface area contributed by atoms with Crippen molar-refractivity contribution in [3.05, 3.63) is 60.2 Å². The van der Waals surface area contributed by atoms with Crippen molar-refractivity contribution in [1.29, 1.82) is 0 Å². The molecule has 0 heterocycles. The number of alkyl halides is 3. The number of amides is 1. The molecule has 152 valence electrons. The number of halogens is 3. The molecule has 0 radical (unpaired) electrons. The van der Waals surface area contributed by atoms with E-state index in [0.29, 0.717) is 5.75 Å². The second kappa shape index (κ2) is 9.44. The van der Waals surface area contributed by atoms with Gasteiger partial charge in [-0.15, -0.1) is 0 Å². The Balaban J connectivity index is 2.20. The molecule has 2 aromatic carbocycles. The topological polar surface area (TPSA) is 75.3 Å². The van der Waals surface area contributed by atoms with E-state index in [4.69, 9.17) is 0 Å². The lowest BCUT2D eigenvalue weighted by molar-refractivity contribution is -0.137. The third kappa shape index (κ3) is 6.25. The number of rotatable bonds is 8. The molecule has 0 saturated heterocycles. The molecule has 0 fully saturated rings. The maximum absolute atomic E-state index is 12.8. The molecule has 1 atom stereocenters. The largest absolute Gasteiger partial charge is 0.416 e. The van der Waals surface area contributed by atoms with E-state index in [9.17, 15) is 26.4 Å². The highest BCUT2D eigenvalue weighted by atomic mass is 32.2. The quantitative estimate of drug-likeness (QED) is 0.666. The number of sulfonamides is 1. The summed E-state index contributed by atoms with van der Waals surface area (Å²) in [6.07, 6.45) is -2.57. The molecule has 0 aliphatic rings. The van der Waals surface area contributed by atoms with Crippen LogP contribution in [-0.2, 0) is 21.0 Å². The Bertz CT molecular complexity index is 904. The average molecular weight is 432 g/mol. The zero-order valence-corrected chi connectivity index (χ0v) is 16.5. The van der Waals surface area contributed by atoms with E-state index >= 15 is 0 Å². The van der Waals surface area contributed by atoms with E-state index < -0.39 is 33.7 Å². The van der Waals surface area contributed by atoms with Gasteiger partial charge in [0, 0.05) is 5.69 Å². The number of anilines is 1. The molecule has 10 heteroatoms. The molecule has 0 aliphatic heterocycles. The predicted molar refractivity (Wildman–Crippen MR) is 104 cm³/mol.